The van der Waals surface area contributed by atoms with Gasteiger partial charge >= 0.3 is 6.61 Å². The lowest BCUT2D eigenvalue weighted by Crippen LogP contribution is -2.01. The fourth-order valence-electron chi connectivity index (χ4n) is 1.92. The van der Waals surface area contributed by atoms with Crippen molar-refractivity contribution in [3.05, 3.63) is 27.0 Å². The van der Waals surface area contributed by atoms with Gasteiger partial charge in [-0.2, -0.15) is 8.78 Å². The summed E-state index contributed by atoms with van der Waals surface area (Å²) >= 11 is 9.37. The van der Waals surface area contributed by atoms with Gasteiger partial charge in [0.05, 0.1) is 11.1 Å². The lowest BCUT2D eigenvalue weighted by atomic mass is 10.2. The molecule has 0 unspecified atom stereocenters. The molecule has 2 aromatic rings. The molecule has 0 N–H and O–H groups in total. The molecule has 7 heteroatoms. The van der Waals surface area contributed by atoms with Crippen molar-refractivity contribution in [2.75, 3.05) is 6.61 Å². The average Bonchev–Trinajstić information content (AvgIpc) is 2.78. The van der Waals surface area contributed by atoms with Gasteiger partial charge in [0, 0.05) is 6.42 Å². The fourth-order valence-corrected chi connectivity index (χ4v) is 2.72. The van der Waals surface area contributed by atoms with Crippen molar-refractivity contribution >= 4 is 38.6 Å². The first-order chi connectivity index (χ1) is 10.5. The maximum atomic E-state index is 11.8. The van der Waals surface area contributed by atoms with Crippen LogP contribution in [0, 0.1) is 6.92 Å². The molecule has 0 spiro atoms. The van der Waals surface area contributed by atoms with E-state index in [0.29, 0.717) is 35.5 Å². The van der Waals surface area contributed by atoms with Crippen LogP contribution in [0.15, 0.2) is 15.0 Å². The van der Waals surface area contributed by atoms with Gasteiger partial charge in [0.15, 0.2) is 5.58 Å². The quantitative estimate of drug-likeness (QED) is 0.433. The van der Waals surface area contributed by atoms with Gasteiger partial charge in [-0.05, 0) is 47.3 Å². The normalized spacial score (nSPS) is 10.9. The molecule has 0 atom stereocenters. The number of furan rings is 1. The van der Waals surface area contributed by atoms with Crippen LogP contribution in [0.2, 0.25) is 5.15 Å². The number of aryl methyl sites for hydroxylation is 2. The molecular weight excluding hydrogens is 380 g/mol. The molecule has 3 nitrogen and oxygen atoms in total. The monoisotopic (exact) mass is 397 g/mol. The molecule has 0 bridgehead atoms. The number of hydrogen-bond acceptors (Lipinski definition) is 3. The van der Waals surface area contributed by atoms with Crippen molar-refractivity contribution in [1.82, 2.24) is 4.98 Å². The van der Waals surface area contributed by atoms with E-state index in [-0.39, 0.29) is 6.61 Å². The number of alkyl halides is 2. The zero-order chi connectivity index (χ0) is 16.7. The van der Waals surface area contributed by atoms with Gasteiger partial charge in [-0.3, -0.25) is 0 Å². The van der Waals surface area contributed by atoms with Crippen LogP contribution in [0.3, 0.4) is 0 Å². The first-order valence-electron chi connectivity index (χ1n) is 7.13. The standard InChI is InChI=1S/C13H13BrClF2NO2.C2H6/c1-7-6-9(15)18-11-10(14)8(20-12(7)11)4-2-3-5-19-13(16)17;1-2/h6,13H,2-5H2,1H3;1-2H3. The van der Waals surface area contributed by atoms with Gasteiger partial charge in [0.1, 0.15) is 16.4 Å². The Balaban J connectivity index is 0.00000116. The number of aromatic nitrogens is 1. The van der Waals surface area contributed by atoms with Crippen LogP contribution in [0.1, 0.15) is 38.0 Å². The molecule has 0 aliphatic rings. The summed E-state index contributed by atoms with van der Waals surface area (Å²) in [6.07, 6.45) is 1.86. The lowest BCUT2D eigenvalue weighted by Gasteiger charge is -2.01. The zero-order valence-corrected chi connectivity index (χ0v) is 15.1. The summed E-state index contributed by atoms with van der Waals surface area (Å²) in [5.74, 6) is 0.745. The minimum absolute atomic E-state index is 0.0403. The van der Waals surface area contributed by atoms with E-state index in [1.165, 1.54) is 0 Å². The second kappa shape index (κ2) is 9.43. The smallest absolute Gasteiger partial charge is 0.345 e. The Kier molecular flexibility index (Phi) is 8.28. The van der Waals surface area contributed by atoms with Gasteiger partial charge in [0.25, 0.3) is 0 Å². The van der Waals surface area contributed by atoms with Crippen LogP contribution >= 0.6 is 27.5 Å². The van der Waals surface area contributed by atoms with Gasteiger partial charge in [-0.25, -0.2) is 4.98 Å². The highest BCUT2D eigenvalue weighted by atomic mass is 79.9. The van der Waals surface area contributed by atoms with E-state index in [4.69, 9.17) is 16.0 Å². The Hall–Kier alpha value is -0.720. The molecule has 0 amide bonds. The van der Waals surface area contributed by atoms with E-state index in [2.05, 4.69) is 25.7 Å². The van der Waals surface area contributed by atoms with Crippen molar-refractivity contribution in [3.8, 4) is 0 Å². The van der Waals surface area contributed by atoms with Gasteiger partial charge in [-0.15, -0.1) is 0 Å². The van der Waals surface area contributed by atoms with Crippen LogP contribution in [-0.2, 0) is 11.2 Å². The summed E-state index contributed by atoms with van der Waals surface area (Å²) in [5.41, 5.74) is 2.29. The van der Waals surface area contributed by atoms with E-state index >= 15 is 0 Å². The molecule has 0 radical (unpaired) electrons. The second-order valence-electron chi connectivity index (χ2n) is 4.37. The molecule has 2 heterocycles. The number of nitrogens with zero attached hydrogens (tertiary/aromatic N) is 1. The maximum absolute atomic E-state index is 11.8. The summed E-state index contributed by atoms with van der Waals surface area (Å²) < 4.78 is 34.3. The van der Waals surface area contributed by atoms with E-state index in [1.807, 2.05) is 20.8 Å². The molecule has 0 saturated carbocycles. The van der Waals surface area contributed by atoms with Crippen LogP contribution in [0.25, 0.3) is 11.1 Å². The lowest BCUT2D eigenvalue weighted by molar-refractivity contribution is -0.129. The molecule has 124 valence electrons. The van der Waals surface area contributed by atoms with Crippen LogP contribution in [-0.4, -0.2) is 18.2 Å². The number of unbranched alkanes of at least 4 members (excludes halogenated alkanes) is 1. The van der Waals surface area contributed by atoms with Crippen molar-refractivity contribution in [2.24, 2.45) is 0 Å². The molecule has 22 heavy (non-hydrogen) atoms. The van der Waals surface area contributed by atoms with E-state index in [9.17, 15) is 8.78 Å². The fraction of sp³-hybridized carbons (Fsp3) is 0.533. The van der Waals surface area contributed by atoms with E-state index in [1.54, 1.807) is 6.07 Å². The largest absolute Gasteiger partial charge is 0.458 e. The van der Waals surface area contributed by atoms with Gasteiger partial charge < -0.3 is 9.15 Å². The number of rotatable bonds is 6. The molecule has 2 rings (SSSR count). The van der Waals surface area contributed by atoms with Crippen LogP contribution in [0.5, 0.6) is 0 Å². The van der Waals surface area contributed by atoms with Crippen molar-refractivity contribution in [3.63, 3.8) is 0 Å². The van der Waals surface area contributed by atoms with Crippen LogP contribution in [0.4, 0.5) is 8.78 Å². The molecule has 0 aromatic carbocycles. The SMILES string of the molecule is CC.Cc1cc(Cl)nc2c(Br)c(CCCCOC(F)F)oc12. The Morgan fingerprint density at radius 2 is 2.05 bits per heavy atom. The number of ether oxygens (including phenoxy) is 1. The first-order valence-corrected chi connectivity index (χ1v) is 8.30. The molecule has 0 fully saturated rings. The predicted octanol–water partition coefficient (Wildman–Crippen LogP) is 6.14. The van der Waals surface area contributed by atoms with Crippen molar-refractivity contribution in [1.29, 1.82) is 0 Å². The van der Waals surface area contributed by atoms with Crippen molar-refractivity contribution < 1.29 is 17.9 Å². The maximum Gasteiger partial charge on any atom is 0.345 e. The Labute approximate surface area is 142 Å². The third-order valence-corrected chi connectivity index (χ3v) is 3.86. The highest BCUT2D eigenvalue weighted by Gasteiger charge is 2.15. The van der Waals surface area contributed by atoms with Gasteiger partial charge in [0.2, 0.25) is 0 Å². The number of hydrogen-bond donors (Lipinski definition) is 0. The minimum atomic E-state index is -2.71. The van der Waals surface area contributed by atoms with E-state index < -0.39 is 6.61 Å². The molecule has 2 aromatic heterocycles. The summed E-state index contributed by atoms with van der Waals surface area (Å²) in [7, 11) is 0. The third-order valence-electron chi connectivity index (χ3n) is 2.85. The Bertz CT molecular complexity index is 605. The Morgan fingerprint density at radius 3 is 2.68 bits per heavy atom. The molecular formula is C15H19BrClF2NO2. The minimum Gasteiger partial charge on any atom is -0.458 e. The van der Waals surface area contributed by atoms with E-state index in [0.717, 1.165) is 15.8 Å². The number of pyridine rings is 1. The molecule has 0 saturated heterocycles. The van der Waals surface area contributed by atoms with Crippen LogP contribution < -0.4 is 0 Å². The predicted molar refractivity (Wildman–Crippen MR) is 87.7 cm³/mol. The van der Waals surface area contributed by atoms with Crippen molar-refractivity contribution in [2.45, 2.75) is 46.6 Å². The number of halogens is 4. The second-order valence-corrected chi connectivity index (χ2v) is 5.55. The molecule has 0 aliphatic heterocycles. The molecule has 0 aliphatic carbocycles. The van der Waals surface area contributed by atoms with Gasteiger partial charge in [-0.1, -0.05) is 25.4 Å². The first kappa shape index (κ1) is 19.3. The summed E-state index contributed by atoms with van der Waals surface area (Å²) in [5, 5.41) is 0.411. The highest BCUT2D eigenvalue weighted by molar-refractivity contribution is 9.10. The summed E-state index contributed by atoms with van der Waals surface area (Å²) in [6, 6.07) is 1.74. The summed E-state index contributed by atoms with van der Waals surface area (Å²) in [4.78, 5) is 4.23. The third kappa shape index (κ3) is 5.18. The zero-order valence-electron chi connectivity index (χ0n) is 12.8. The highest BCUT2D eigenvalue weighted by Crippen LogP contribution is 2.33. The topological polar surface area (TPSA) is 35.3 Å². The average molecular weight is 399 g/mol. The Morgan fingerprint density at radius 1 is 1.36 bits per heavy atom. The number of fused-ring (bicyclic) bond motifs is 1. The summed E-state index contributed by atoms with van der Waals surface area (Å²) in [6.45, 7) is 3.23.